The van der Waals surface area contributed by atoms with E-state index in [2.05, 4.69) is 6.92 Å². The van der Waals surface area contributed by atoms with Gasteiger partial charge in [0.2, 0.25) is 0 Å². The molecule has 0 fully saturated rings. The van der Waals surface area contributed by atoms with Crippen molar-refractivity contribution in [1.29, 1.82) is 0 Å². The van der Waals surface area contributed by atoms with Gasteiger partial charge in [0.25, 0.3) is 5.70 Å². The summed E-state index contributed by atoms with van der Waals surface area (Å²) in [5.74, 6) is 0. The first-order chi connectivity index (χ1) is 11.7. The number of rotatable bonds is 5. The van der Waals surface area contributed by atoms with Gasteiger partial charge in [0, 0.05) is 6.08 Å². The first kappa shape index (κ1) is 15.9. The maximum Gasteiger partial charge on any atom is 0.251 e. The molecule has 3 heteroatoms. The Hall–Kier alpha value is -2.94. The van der Waals surface area contributed by atoms with Gasteiger partial charge in [-0.05, 0) is 33.9 Å². The largest absolute Gasteiger partial charge is 0.259 e. The van der Waals surface area contributed by atoms with E-state index >= 15 is 0 Å². The molecule has 0 amide bonds. The van der Waals surface area contributed by atoms with E-state index in [0.29, 0.717) is 6.42 Å². The van der Waals surface area contributed by atoms with E-state index in [9.17, 15) is 10.1 Å². The summed E-state index contributed by atoms with van der Waals surface area (Å²) in [6, 6.07) is 21.8. The molecule has 0 saturated carbocycles. The van der Waals surface area contributed by atoms with Crippen LogP contribution in [0.25, 0.3) is 16.8 Å². The molecule has 0 aliphatic rings. The number of hydrogen-bond donors (Lipinski definition) is 0. The Kier molecular flexibility index (Phi) is 4.71. The van der Waals surface area contributed by atoms with Gasteiger partial charge in [-0.25, -0.2) is 0 Å². The average Bonchev–Trinajstić information content (AvgIpc) is 2.62. The van der Waals surface area contributed by atoms with Crippen molar-refractivity contribution in [1.82, 2.24) is 0 Å². The van der Waals surface area contributed by atoms with E-state index in [0.717, 1.165) is 28.3 Å². The first-order valence-electron chi connectivity index (χ1n) is 8.08. The molecule has 24 heavy (non-hydrogen) atoms. The lowest BCUT2D eigenvalue weighted by Gasteiger charge is -2.05. The van der Waals surface area contributed by atoms with Crippen molar-refractivity contribution in [2.45, 2.75) is 19.8 Å². The fourth-order valence-corrected chi connectivity index (χ4v) is 2.85. The van der Waals surface area contributed by atoms with Gasteiger partial charge in [-0.2, -0.15) is 0 Å². The molecule has 3 nitrogen and oxygen atoms in total. The molecule has 0 unspecified atom stereocenters. The lowest BCUT2D eigenvalue weighted by atomic mass is 10.00. The highest BCUT2D eigenvalue weighted by Crippen LogP contribution is 2.22. The molecular weight excluding hydrogens is 298 g/mol. The second-order valence-electron chi connectivity index (χ2n) is 5.80. The molecule has 0 atom stereocenters. The molecule has 120 valence electrons. The molecule has 0 heterocycles. The van der Waals surface area contributed by atoms with Crippen LogP contribution in [0.1, 0.15) is 23.6 Å². The van der Waals surface area contributed by atoms with Crippen molar-refractivity contribution in [2.24, 2.45) is 0 Å². The fraction of sp³-hybridized carbons (Fsp3) is 0.143. The second-order valence-corrected chi connectivity index (χ2v) is 5.80. The van der Waals surface area contributed by atoms with Gasteiger partial charge in [-0.1, -0.05) is 73.7 Å². The Morgan fingerprint density at radius 1 is 1.00 bits per heavy atom. The predicted octanol–water partition coefficient (Wildman–Crippen LogP) is 5.26. The number of fused-ring (bicyclic) bond motifs is 1. The number of benzene rings is 3. The molecule has 0 spiro atoms. The van der Waals surface area contributed by atoms with Crippen LogP contribution in [0, 0.1) is 10.1 Å². The molecule has 0 aromatic heterocycles. The lowest BCUT2D eigenvalue weighted by Crippen LogP contribution is -2.03. The van der Waals surface area contributed by atoms with Crippen LogP contribution >= 0.6 is 0 Å². The lowest BCUT2D eigenvalue weighted by molar-refractivity contribution is -0.425. The number of hydrogen-bond acceptors (Lipinski definition) is 2. The third-order valence-corrected chi connectivity index (χ3v) is 4.21. The topological polar surface area (TPSA) is 43.1 Å². The SMILES string of the molecule is CCc1ccc(/C=C(\Cc2cccc3ccccc23)[N+](=O)[O-])cc1. The van der Waals surface area contributed by atoms with Crippen molar-refractivity contribution in [3.05, 3.63) is 99.2 Å². The van der Waals surface area contributed by atoms with Crippen LogP contribution < -0.4 is 0 Å². The molecule has 0 radical (unpaired) electrons. The quantitative estimate of drug-likeness (QED) is 0.475. The summed E-state index contributed by atoms with van der Waals surface area (Å²) in [5, 5.41) is 13.7. The van der Waals surface area contributed by atoms with Gasteiger partial charge < -0.3 is 0 Å². The smallest absolute Gasteiger partial charge is 0.251 e. The van der Waals surface area contributed by atoms with Crippen molar-refractivity contribution in [2.75, 3.05) is 0 Å². The van der Waals surface area contributed by atoms with Crippen LogP contribution in [0.4, 0.5) is 0 Å². The van der Waals surface area contributed by atoms with Gasteiger partial charge in [-0.3, -0.25) is 10.1 Å². The second kappa shape index (κ2) is 7.09. The first-order valence-corrected chi connectivity index (χ1v) is 8.08. The molecule has 0 N–H and O–H groups in total. The molecule has 0 bridgehead atoms. The van der Waals surface area contributed by atoms with E-state index < -0.39 is 0 Å². The summed E-state index contributed by atoms with van der Waals surface area (Å²) in [4.78, 5) is 11.2. The van der Waals surface area contributed by atoms with Crippen LogP contribution in [0.5, 0.6) is 0 Å². The number of nitro groups is 1. The zero-order chi connectivity index (χ0) is 16.9. The Morgan fingerprint density at radius 3 is 2.42 bits per heavy atom. The van der Waals surface area contributed by atoms with Gasteiger partial charge in [0.15, 0.2) is 0 Å². The molecule has 0 saturated heterocycles. The van der Waals surface area contributed by atoms with E-state index in [1.54, 1.807) is 6.08 Å². The molecule has 3 aromatic rings. The standard InChI is InChI=1S/C21H19NO2/c1-2-16-10-12-17(13-11-16)14-20(22(23)24)15-19-8-5-7-18-6-3-4-9-21(18)19/h3-14H,2,15H2,1H3/b20-14+. The summed E-state index contributed by atoms with van der Waals surface area (Å²) in [6.07, 6.45) is 2.94. The van der Waals surface area contributed by atoms with E-state index in [4.69, 9.17) is 0 Å². The van der Waals surface area contributed by atoms with Crippen LogP contribution in [0.3, 0.4) is 0 Å². The Balaban J connectivity index is 1.96. The van der Waals surface area contributed by atoms with Gasteiger partial charge in [0.05, 0.1) is 11.3 Å². The predicted molar refractivity (Wildman–Crippen MR) is 98.4 cm³/mol. The highest BCUT2D eigenvalue weighted by molar-refractivity contribution is 5.86. The summed E-state index contributed by atoms with van der Waals surface area (Å²) >= 11 is 0. The maximum absolute atomic E-state index is 11.5. The zero-order valence-corrected chi connectivity index (χ0v) is 13.6. The van der Waals surface area contributed by atoms with E-state index in [1.165, 1.54) is 5.56 Å². The summed E-state index contributed by atoms with van der Waals surface area (Å²) < 4.78 is 0. The fourth-order valence-electron chi connectivity index (χ4n) is 2.85. The molecule has 3 aromatic carbocycles. The summed E-state index contributed by atoms with van der Waals surface area (Å²) in [5.41, 5.74) is 3.26. The van der Waals surface area contributed by atoms with Crippen LogP contribution in [0.15, 0.2) is 72.4 Å². The minimum Gasteiger partial charge on any atom is -0.259 e. The molecule has 3 rings (SSSR count). The third-order valence-electron chi connectivity index (χ3n) is 4.21. The van der Waals surface area contributed by atoms with Crippen molar-refractivity contribution < 1.29 is 4.92 Å². The summed E-state index contributed by atoms with van der Waals surface area (Å²) in [6.45, 7) is 2.09. The van der Waals surface area contributed by atoms with E-state index in [-0.39, 0.29) is 10.6 Å². The number of aryl methyl sites for hydroxylation is 1. The van der Waals surface area contributed by atoms with Crippen molar-refractivity contribution in [3.63, 3.8) is 0 Å². The highest BCUT2D eigenvalue weighted by atomic mass is 16.6. The minimum atomic E-state index is -0.282. The third kappa shape index (κ3) is 3.51. The van der Waals surface area contributed by atoms with Crippen LogP contribution in [0.2, 0.25) is 0 Å². The Labute approximate surface area is 141 Å². The molecule has 0 aliphatic carbocycles. The van der Waals surface area contributed by atoms with Gasteiger partial charge in [0.1, 0.15) is 0 Å². The highest BCUT2D eigenvalue weighted by Gasteiger charge is 2.14. The van der Waals surface area contributed by atoms with Gasteiger partial charge >= 0.3 is 0 Å². The van der Waals surface area contributed by atoms with Crippen LogP contribution in [-0.2, 0) is 12.8 Å². The zero-order valence-electron chi connectivity index (χ0n) is 13.6. The Morgan fingerprint density at radius 2 is 1.71 bits per heavy atom. The van der Waals surface area contributed by atoms with Crippen molar-refractivity contribution >= 4 is 16.8 Å². The Bertz CT molecular complexity index is 890. The normalized spacial score (nSPS) is 11.6. The number of nitrogens with zero attached hydrogens (tertiary/aromatic N) is 1. The maximum atomic E-state index is 11.5. The van der Waals surface area contributed by atoms with E-state index in [1.807, 2.05) is 66.7 Å². The summed E-state index contributed by atoms with van der Waals surface area (Å²) in [7, 11) is 0. The number of allylic oxidation sites excluding steroid dienone is 1. The molecule has 0 aliphatic heterocycles. The van der Waals surface area contributed by atoms with Crippen LogP contribution in [-0.4, -0.2) is 4.92 Å². The monoisotopic (exact) mass is 317 g/mol. The van der Waals surface area contributed by atoms with Crippen molar-refractivity contribution in [3.8, 4) is 0 Å². The average molecular weight is 317 g/mol. The molecular formula is C21H19NO2. The minimum absolute atomic E-state index is 0.204. The van der Waals surface area contributed by atoms with Gasteiger partial charge in [-0.15, -0.1) is 0 Å².